The molecular formula is C19H19F6N5O3. The summed E-state index contributed by atoms with van der Waals surface area (Å²) in [7, 11) is 0. The van der Waals surface area contributed by atoms with Crippen molar-refractivity contribution in [1.82, 2.24) is 19.9 Å². The Labute approximate surface area is 183 Å². The summed E-state index contributed by atoms with van der Waals surface area (Å²) in [5.41, 5.74) is -3.41. The number of carbonyl (C=O) groups excluding carboxylic acids is 1. The smallest absolute Gasteiger partial charge is 0.421 e. The van der Waals surface area contributed by atoms with Gasteiger partial charge in [0.2, 0.25) is 5.95 Å². The van der Waals surface area contributed by atoms with Gasteiger partial charge in [-0.2, -0.15) is 26.3 Å². The van der Waals surface area contributed by atoms with E-state index in [0.717, 1.165) is 6.20 Å². The maximum Gasteiger partial charge on any atom is 0.421 e. The summed E-state index contributed by atoms with van der Waals surface area (Å²) < 4.78 is 81.5. The highest BCUT2D eigenvalue weighted by atomic mass is 19.4. The number of aromatic amines is 1. The van der Waals surface area contributed by atoms with Crippen molar-refractivity contribution >= 4 is 12.0 Å². The summed E-state index contributed by atoms with van der Waals surface area (Å²) in [5.74, 6) is 0.0991. The van der Waals surface area contributed by atoms with Gasteiger partial charge in [-0.1, -0.05) is 0 Å². The van der Waals surface area contributed by atoms with Crippen LogP contribution in [0.25, 0.3) is 0 Å². The fraction of sp³-hybridized carbons (Fsp3) is 0.474. The minimum Gasteiger partial charge on any atom is -0.449 e. The second-order valence-corrected chi connectivity index (χ2v) is 7.37. The SMILES string of the molecule is C[C@@H]1CN(C(=O)OCCc2c[nH]c(=O)c(C(F)(F)F)c2)CCN1c1ncc(C(F)(F)F)cn1. The summed E-state index contributed by atoms with van der Waals surface area (Å²) in [6.07, 6.45) is -7.57. The van der Waals surface area contributed by atoms with Crippen LogP contribution >= 0.6 is 0 Å². The molecule has 1 aliphatic rings. The van der Waals surface area contributed by atoms with E-state index >= 15 is 0 Å². The Morgan fingerprint density at radius 1 is 1.15 bits per heavy atom. The highest BCUT2D eigenvalue weighted by molar-refractivity contribution is 5.68. The van der Waals surface area contributed by atoms with Gasteiger partial charge in [0.05, 0.1) is 12.2 Å². The molecule has 1 saturated heterocycles. The van der Waals surface area contributed by atoms with Crippen LogP contribution in [-0.4, -0.2) is 58.2 Å². The first-order chi connectivity index (χ1) is 15.4. The molecule has 0 aliphatic carbocycles. The van der Waals surface area contributed by atoms with Gasteiger partial charge >= 0.3 is 18.4 Å². The van der Waals surface area contributed by atoms with Crippen LogP contribution in [0.2, 0.25) is 0 Å². The Balaban J connectivity index is 1.52. The standard InChI is InChI=1S/C19H19F6N5O3/c1-11-10-29(3-4-30(11)16-27-8-13(9-28-16)18(20,21)22)17(32)33-5-2-12-6-14(19(23,24)25)15(31)26-7-12/h6-9,11H,2-5,10H2,1H3,(H,26,31)/t11-/m1/s1. The van der Waals surface area contributed by atoms with Crippen LogP contribution in [0.4, 0.5) is 37.1 Å². The number of anilines is 1. The first kappa shape index (κ1) is 24.3. The molecule has 2 aromatic rings. The molecule has 0 saturated carbocycles. The van der Waals surface area contributed by atoms with E-state index in [-0.39, 0.29) is 50.2 Å². The van der Waals surface area contributed by atoms with Crippen LogP contribution < -0.4 is 10.5 Å². The molecule has 0 aromatic carbocycles. The zero-order valence-corrected chi connectivity index (χ0v) is 17.2. The summed E-state index contributed by atoms with van der Waals surface area (Å²) in [5, 5.41) is 0. The fourth-order valence-corrected chi connectivity index (χ4v) is 3.27. The molecule has 14 heteroatoms. The first-order valence-electron chi connectivity index (χ1n) is 9.72. The Kier molecular flexibility index (Phi) is 6.84. The van der Waals surface area contributed by atoms with Crippen molar-refractivity contribution in [2.45, 2.75) is 31.7 Å². The normalized spacial score (nSPS) is 17.2. The second-order valence-electron chi connectivity index (χ2n) is 7.37. The quantitative estimate of drug-likeness (QED) is 0.678. The third-order valence-corrected chi connectivity index (χ3v) is 4.99. The van der Waals surface area contributed by atoms with Gasteiger partial charge in [0.25, 0.3) is 5.56 Å². The molecular weight excluding hydrogens is 460 g/mol. The maximum absolute atomic E-state index is 12.8. The van der Waals surface area contributed by atoms with Gasteiger partial charge < -0.3 is 19.5 Å². The van der Waals surface area contributed by atoms with E-state index in [0.29, 0.717) is 18.5 Å². The van der Waals surface area contributed by atoms with E-state index in [4.69, 9.17) is 4.74 Å². The highest BCUT2D eigenvalue weighted by Crippen LogP contribution is 2.29. The predicted molar refractivity (Wildman–Crippen MR) is 103 cm³/mol. The summed E-state index contributed by atoms with van der Waals surface area (Å²) in [6, 6.07) is 0.383. The number of piperazine rings is 1. The Morgan fingerprint density at radius 2 is 1.82 bits per heavy atom. The largest absolute Gasteiger partial charge is 0.449 e. The van der Waals surface area contributed by atoms with E-state index in [1.807, 2.05) is 4.98 Å². The fourth-order valence-electron chi connectivity index (χ4n) is 3.27. The molecule has 33 heavy (non-hydrogen) atoms. The zero-order valence-electron chi connectivity index (χ0n) is 17.2. The summed E-state index contributed by atoms with van der Waals surface area (Å²) in [6.45, 7) is 2.14. The Hall–Kier alpha value is -3.32. The number of carbonyl (C=O) groups is 1. The van der Waals surface area contributed by atoms with E-state index < -0.39 is 35.1 Å². The van der Waals surface area contributed by atoms with Crippen molar-refractivity contribution in [3.8, 4) is 0 Å². The van der Waals surface area contributed by atoms with Gasteiger partial charge in [0, 0.05) is 50.7 Å². The van der Waals surface area contributed by atoms with Crippen molar-refractivity contribution in [3.05, 3.63) is 51.7 Å². The van der Waals surface area contributed by atoms with Gasteiger partial charge in [0.1, 0.15) is 5.56 Å². The highest BCUT2D eigenvalue weighted by Gasteiger charge is 2.35. The molecule has 1 fully saturated rings. The van der Waals surface area contributed by atoms with Crippen LogP contribution in [-0.2, 0) is 23.5 Å². The molecule has 1 atom stereocenters. The lowest BCUT2D eigenvalue weighted by Gasteiger charge is -2.39. The number of nitrogens with one attached hydrogen (secondary N) is 1. The van der Waals surface area contributed by atoms with Crippen molar-refractivity contribution in [1.29, 1.82) is 0 Å². The van der Waals surface area contributed by atoms with Gasteiger partial charge in [-0.15, -0.1) is 0 Å². The Bertz CT molecular complexity index is 1040. The molecule has 3 heterocycles. The number of ether oxygens (including phenoxy) is 1. The van der Waals surface area contributed by atoms with Crippen LogP contribution in [0, 0.1) is 0 Å². The number of H-pyrrole nitrogens is 1. The number of nitrogens with zero attached hydrogens (tertiary/aromatic N) is 4. The molecule has 2 aromatic heterocycles. The number of rotatable bonds is 4. The molecule has 0 spiro atoms. The number of amides is 1. The van der Waals surface area contributed by atoms with Gasteiger partial charge in [0.15, 0.2) is 0 Å². The second kappa shape index (κ2) is 9.27. The van der Waals surface area contributed by atoms with E-state index in [1.165, 1.54) is 4.90 Å². The van der Waals surface area contributed by atoms with Crippen molar-refractivity contribution < 1.29 is 35.9 Å². The van der Waals surface area contributed by atoms with Gasteiger partial charge in [-0.25, -0.2) is 14.8 Å². The third-order valence-electron chi connectivity index (χ3n) is 4.99. The average molecular weight is 479 g/mol. The number of halogens is 6. The molecule has 1 aliphatic heterocycles. The maximum atomic E-state index is 12.8. The van der Waals surface area contributed by atoms with E-state index in [2.05, 4.69) is 9.97 Å². The number of aromatic nitrogens is 3. The number of pyridine rings is 1. The minimum absolute atomic E-state index is 0.0412. The number of alkyl halides is 6. The summed E-state index contributed by atoms with van der Waals surface area (Å²) in [4.78, 5) is 36.2. The van der Waals surface area contributed by atoms with Gasteiger partial charge in [-0.05, 0) is 18.6 Å². The molecule has 3 rings (SSSR count). The number of hydrogen-bond acceptors (Lipinski definition) is 6. The molecule has 0 unspecified atom stereocenters. The molecule has 180 valence electrons. The average Bonchev–Trinajstić information content (AvgIpc) is 2.73. The van der Waals surface area contributed by atoms with E-state index in [1.54, 1.807) is 11.8 Å². The lowest BCUT2D eigenvalue weighted by molar-refractivity contribution is -0.139. The lowest BCUT2D eigenvalue weighted by atomic mass is 10.1. The lowest BCUT2D eigenvalue weighted by Crippen LogP contribution is -2.54. The molecule has 1 N–H and O–H groups in total. The summed E-state index contributed by atoms with van der Waals surface area (Å²) >= 11 is 0. The van der Waals surface area contributed by atoms with Gasteiger partial charge in [-0.3, -0.25) is 4.79 Å². The van der Waals surface area contributed by atoms with Crippen LogP contribution in [0.3, 0.4) is 0 Å². The van der Waals surface area contributed by atoms with Crippen molar-refractivity contribution in [3.63, 3.8) is 0 Å². The zero-order chi connectivity index (χ0) is 24.4. The van der Waals surface area contributed by atoms with Crippen molar-refractivity contribution in [2.24, 2.45) is 0 Å². The predicted octanol–water partition coefficient (Wildman–Crippen LogP) is 3.09. The van der Waals surface area contributed by atoms with Crippen molar-refractivity contribution in [2.75, 3.05) is 31.1 Å². The topological polar surface area (TPSA) is 91.4 Å². The van der Waals surface area contributed by atoms with Crippen LogP contribution in [0.15, 0.2) is 29.5 Å². The van der Waals surface area contributed by atoms with Crippen LogP contribution in [0.5, 0.6) is 0 Å². The molecule has 0 radical (unpaired) electrons. The van der Waals surface area contributed by atoms with Crippen LogP contribution in [0.1, 0.15) is 23.6 Å². The first-order valence-corrected chi connectivity index (χ1v) is 9.72. The molecule has 8 nitrogen and oxygen atoms in total. The molecule has 1 amide bonds. The molecule has 0 bridgehead atoms. The third kappa shape index (κ3) is 5.93. The Morgan fingerprint density at radius 3 is 2.39 bits per heavy atom. The monoisotopic (exact) mass is 479 g/mol. The van der Waals surface area contributed by atoms with E-state index in [9.17, 15) is 35.9 Å². The number of hydrogen-bond donors (Lipinski definition) is 1. The minimum atomic E-state index is -4.80.